The molecule has 146 valence electrons. The molecule has 1 aromatic carbocycles. The van der Waals surface area contributed by atoms with Gasteiger partial charge in [-0.3, -0.25) is 9.78 Å². The summed E-state index contributed by atoms with van der Waals surface area (Å²) < 4.78 is 32.1. The fourth-order valence-corrected chi connectivity index (χ4v) is 3.74. The second-order valence-corrected chi connectivity index (χ2v) is 7.44. The number of hydrogen-bond donors (Lipinski definition) is 0. The van der Waals surface area contributed by atoms with Gasteiger partial charge in [0.1, 0.15) is 0 Å². The number of nitrogens with zero attached hydrogens (tertiary/aromatic N) is 2. The molecule has 1 aliphatic rings. The number of pyridine rings is 1. The first-order valence-corrected chi connectivity index (χ1v) is 9.59. The number of halogens is 3. The Hall–Kier alpha value is -2.47. The number of carbonyl (C=O) groups excluding carboxylic acids is 1. The molecule has 0 saturated carbocycles. The maximum Gasteiger partial charge on any atom is 0.255 e. The smallest absolute Gasteiger partial charge is 0.255 e. The van der Waals surface area contributed by atoms with Crippen molar-refractivity contribution < 1.29 is 18.0 Å². The lowest BCUT2D eigenvalue weighted by atomic mass is 10.0. The number of aryl methyl sites for hydroxylation is 1. The van der Waals surface area contributed by atoms with Crippen molar-refractivity contribution >= 4 is 28.5 Å². The highest BCUT2D eigenvalue weighted by atomic mass is 35.5. The van der Waals surface area contributed by atoms with Crippen molar-refractivity contribution in [3.63, 3.8) is 0 Å². The normalized spacial score (nSPS) is 16.5. The quantitative estimate of drug-likeness (QED) is 0.572. The maximum atomic E-state index is 13.3. The molecule has 0 unspecified atom stereocenters. The van der Waals surface area contributed by atoms with Gasteiger partial charge in [0.2, 0.25) is 0 Å². The number of furan rings is 1. The minimum absolute atomic E-state index is 0.0557. The van der Waals surface area contributed by atoms with Gasteiger partial charge >= 0.3 is 0 Å². The summed E-state index contributed by atoms with van der Waals surface area (Å²) in [5.41, 5.74) is 3.60. The third kappa shape index (κ3) is 3.49. The highest BCUT2D eigenvalue weighted by molar-refractivity contribution is 6.35. The molecule has 0 atom stereocenters. The van der Waals surface area contributed by atoms with Crippen LogP contribution in [0.1, 0.15) is 35.7 Å². The van der Waals surface area contributed by atoms with Crippen LogP contribution >= 0.6 is 11.6 Å². The first-order valence-electron chi connectivity index (χ1n) is 9.21. The minimum atomic E-state index is -2.68. The van der Waals surface area contributed by atoms with Crippen LogP contribution in [0.4, 0.5) is 8.78 Å². The average Bonchev–Trinajstić information content (AvgIpc) is 3.11. The Balaban J connectivity index is 1.58. The van der Waals surface area contributed by atoms with E-state index < -0.39 is 5.92 Å². The van der Waals surface area contributed by atoms with Gasteiger partial charge in [0.25, 0.3) is 11.8 Å². The van der Waals surface area contributed by atoms with Gasteiger partial charge < -0.3 is 9.32 Å². The van der Waals surface area contributed by atoms with Crippen LogP contribution in [0.5, 0.6) is 0 Å². The van der Waals surface area contributed by atoms with Crippen LogP contribution in [0.2, 0.25) is 5.02 Å². The molecule has 0 spiro atoms. The molecule has 1 amide bonds. The van der Waals surface area contributed by atoms with Crippen molar-refractivity contribution in [1.82, 2.24) is 9.88 Å². The van der Waals surface area contributed by atoms with E-state index in [-0.39, 0.29) is 31.8 Å². The van der Waals surface area contributed by atoms with Gasteiger partial charge in [0.05, 0.1) is 22.5 Å². The van der Waals surface area contributed by atoms with E-state index in [2.05, 4.69) is 4.98 Å². The van der Waals surface area contributed by atoms with Crippen LogP contribution in [0.25, 0.3) is 22.2 Å². The van der Waals surface area contributed by atoms with Gasteiger partial charge in [-0.05, 0) is 36.2 Å². The van der Waals surface area contributed by atoms with Gasteiger partial charge in [-0.2, -0.15) is 0 Å². The molecule has 3 heterocycles. The van der Waals surface area contributed by atoms with Crippen molar-refractivity contribution in [2.75, 3.05) is 13.1 Å². The number of fused-ring (bicyclic) bond motifs is 1. The fraction of sp³-hybridized carbons (Fsp3) is 0.333. The van der Waals surface area contributed by atoms with Crippen LogP contribution in [-0.4, -0.2) is 34.8 Å². The molecule has 7 heteroatoms. The molecule has 2 aromatic heterocycles. The Morgan fingerprint density at radius 2 is 2.04 bits per heavy atom. The molecule has 0 N–H and O–H groups in total. The van der Waals surface area contributed by atoms with Crippen LogP contribution in [0.15, 0.2) is 41.1 Å². The number of piperidine rings is 1. The van der Waals surface area contributed by atoms with E-state index in [0.29, 0.717) is 21.9 Å². The van der Waals surface area contributed by atoms with Crippen LogP contribution in [0.3, 0.4) is 0 Å². The van der Waals surface area contributed by atoms with Crippen LogP contribution in [0, 0.1) is 0 Å². The molecule has 1 saturated heterocycles. The summed E-state index contributed by atoms with van der Waals surface area (Å²) in [4.78, 5) is 18.4. The molecular weight excluding hydrogens is 386 g/mol. The third-order valence-corrected chi connectivity index (χ3v) is 5.46. The van der Waals surface area contributed by atoms with Gasteiger partial charge in [0.15, 0.2) is 5.58 Å². The predicted molar refractivity (Wildman–Crippen MR) is 104 cm³/mol. The second kappa shape index (κ2) is 7.17. The molecule has 1 fully saturated rings. The molecule has 4 rings (SSSR count). The van der Waals surface area contributed by atoms with Gasteiger partial charge in [0, 0.05) is 43.1 Å². The molecule has 3 aromatic rings. The summed E-state index contributed by atoms with van der Waals surface area (Å²) in [7, 11) is 0. The number of benzene rings is 1. The van der Waals surface area contributed by atoms with Gasteiger partial charge in [-0.15, -0.1) is 0 Å². The van der Waals surface area contributed by atoms with E-state index in [1.54, 1.807) is 24.5 Å². The Labute approximate surface area is 166 Å². The molecular formula is C21H19ClF2N2O2. The Morgan fingerprint density at radius 1 is 1.29 bits per heavy atom. The molecule has 0 bridgehead atoms. The number of alkyl halides is 2. The van der Waals surface area contributed by atoms with E-state index in [9.17, 15) is 13.6 Å². The summed E-state index contributed by atoms with van der Waals surface area (Å²) in [5, 5.41) is 1.45. The molecule has 0 radical (unpaired) electrons. The SMILES string of the molecule is CCc1coc2c(Cl)cc(-c3ccc(C(=O)N4CCC(F)(F)CC4)cn3)cc12. The average molecular weight is 405 g/mol. The Kier molecular flexibility index (Phi) is 4.83. The zero-order chi connectivity index (χ0) is 19.9. The number of likely N-dealkylation sites (tertiary alicyclic amines) is 1. The minimum Gasteiger partial charge on any atom is -0.462 e. The van der Waals surface area contributed by atoms with Crippen molar-refractivity contribution in [2.24, 2.45) is 0 Å². The Bertz CT molecular complexity index is 1020. The number of carbonyl (C=O) groups is 1. The lowest BCUT2D eigenvalue weighted by molar-refractivity contribution is -0.0494. The third-order valence-electron chi connectivity index (χ3n) is 5.18. The number of aromatic nitrogens is 1. The lowest BCUT2D eigenvalue weighted by Crippen LogP contribution is -2.42. The Morgan fingerprint density at radius 3 is 2.68 bits per heavy atom. The van der Waals surface area contributed by atoms with E-state index >= 15 is 0 Å². The van der Waals surface area contributed by atoms with Crippen molar-refractivity contribution in [1.29, 1.82) is 0 Å². The summed E-state index contributed by atoms with van der Waals surface area (Å²) in [6.07, 6.45) is 3.42. The fourth-order valence-electron chi connectivity index (χ4n) is 3.48. The topological polar surface area (TPSA) is 46.3 Å². The van der Waals surface area contributed by atoms with Crippen LogP contribution < -0.4 is 0 Å². The highest BCUT2D eigenvalue weighted by Crippen LogP contribution is 2.33. The van der Waals surface area contributed by atoms with Crippen molar-refractivity contribution in [3.05, 3.63) is 52.9 Å². The van der Waals surface area contributed by atoms with E-state index in [0.717, 1.165) is 22.9 Å². The van der Waals surface area contributed by atoms with Crippen LogP contribution in [-0.2, 0) is 6.42 Å². The molecule has 4 nitrogen and oxygen atoms in total. The zero-order valence-corrected chi connectivity index (χ0v) is 16.1. The van der Waals surface area contributed by atoms with Gasteiger partial charge in [-0.25, -0.2) is 8.78 Å². The van der Waals surface area contributed by atoms with Crippen molar-refractivity contribution in [2.45, 2.75) is 32.1 Å². The summed E-state index contributed by atoms with van der Waals surface area (Å²) in [6, 6.07) is 7.17. The molecule has 0 aliphatic carbocycles. The highest BCUT2D eigenvalue weighted by Gasteiger charge is 2.35. The monoisotopic (exact) mass is 404 g/mol. The summed E-state index contributed by atoms with van der Waals surface area (Å²) in [5.74, 6) is -2.95. The number of rotatable bonds is 3. The zero-order valence-electron chi connectivity index (χ0n) is 15.3. The standard InChI is InChI=1S/C21H19ClF2N2O2/c1-2-13-12-28-19-16(13)9-15(10-17(19)22)18-4-3-14(11-25-18)20(27)26-7-5-21(23,24)6-8-26/h3-4,9-12H,2,5-8H2,1H3. The van der Waals surface area contributed by atoms with E-state index in [4.69, 9.17) is 16.0 Å². The number of hydrogen-bond acceptors (Lipinski definition) is 3. The maximum absolute atomic E-state index is 13.3. The largest absolute Gasteiger partial charge is 0.462 e. The van der Waals surface area contributed by atoms with E-state index in [1.807, 2.05) is 13.0 Å². The first-order chi connectivity index (χ1) is 13.4. The molecule has 28 heavy (non-hydrogen) atoms. The first kappa shape index (κ1) is 18.9. The predicted octanol–water partition coefficient (Wildman–Crippen LogP) is 5.58. The summed E-state index contributed by atoms with van der Waals surface area (Å²) in [6.45, 7) is 2.15. The second-order valence-electron chi connectivity index (χ2n) is 7.03. The summed E-state index contributed by atoms with van der Waals surface area (Å²) >= 11 is 6.35. The number of amides is 1. The lowest BCUT2D eigenvalue weighted by Gasteiger charge is -2.31. The van der Waals surface area contributed by atoms with Gasteiger partial charge in [-0.1, -0.05) is 18.5 Å². The van der Waals surface area contributed by atoms with Crippen molar-refractivity contribution in [3.8, 4) is 11.3 Å². The van der Waals surface area contributed by atoms with E-state index in [1.165, 1.54) is 11.1 Å². The molecule has 1 aliphatic heterocycles.